The Hall–Kier alpha value is -4.02. The molecule has 0 bridgehead atoms. The Balaban J connectivity index is 1.27. The molecule has 0 spiro atoms. The first-order valence-electron chi connectivity index (χ1n) is 10.6. The van der Waals surface area contributed by atoms with E-state index in [1.165, 1.54) is 29.3 Å². The Labute approximate surface area is 187 Å². The molecule has 0 saturated heterocycles. The van der Waals surface area contributed by atoms with Crippen LogP contribution in [0.25, 0.3) is 17.0 Å². The fourth-order valence-corrected chi connectivity index (χ4v) is 4.15. The summed E-state index contributed by atoms with van der Waals surface area (Å²) in [4.78, 5) is 19.5. The van der Waals surface area contributed by atoms with E-state index in [0.717, 1.165) is 25.7 Å². The van der Waals surface area contributed by atoms with Crippen LogP contribution in [0.3, 0.4) is 0 Å². The predicted octanol–water partition coefficient (Wildman–Crippen LogP) is 3.19. The van der Waals surface area contributed by atoms with Gasteiger partial charge in [0.25, 0.3) is 5.95 Å². The number of hydrogen-bond donors (Lipinski definition) is 2. The van der Waals surface area contributed by atoms with Crippen molar-refractivity contribution in [3.63, 3.8) is 0 Å². The number of carboxylic acids is 1. The minimum Gasteiger partial charge on any atom is -0.492 e. The van der Waals surface area contributed by atoms with E-state index in [1.54, 1.807) is 22.9 Å². The first-order valence-corrected chi connectivity index (χ1v) is 10.6. The average molecular weight is 452 g/mol. The number of halogens is 1. The van der Waals surface area contributed by atoms with Crippen LogP contribution in [0, 0.1) is 11.7 Å². The van der Waals surface area contributed by atoms with Crippen molar-refractivity contribution in [3.8, 4) is 17.6 Å². The van der Waals surface area contributed by atoms with Crippen LogP contribution in [0.1, 0.15) is 36.0 Å². The maximum absolute atomic E-state index is 13.8. The van der Waals surface area contributed by atoms with Crippen LogP contribution in [0.4, 0.5) is 4.39 Å². The maximum Gasteiger partial charge on any atom is 0.338 e. The standard InChI is InChI=1S/C22H21FN6O4/c23-16-3-1-2-4-18(16)33-15-7-5-13(6-8-15)11-28-19-17(10-25-28)26-22(27-20(19)30)29-12-14(9-24-29)21(31)32/h1-4,9-10,12-13,15H,5-8,11H2,(H,31,32)(H,26,27,30)/t13-,15-. The van der Waals surface area contributed by atoms with Gasteiger partial charge in [0.1, 0.15) is 11.0 Å². The van der Waals surface area contributed by atoms with Crippen LogP contribution in [0.2, 0.25) is 0 Å². The van der Waals surface area contributed by atoms with E-state index in [4.69, 9.17) is 9.84 Å². The number of para-hydroxylation sites is 1. The number of carbonyl (C=O) groups is 1. The zero-order valence-corrected chi connectivity index (χ0v) is 17.5. The normalized spacial score (nSPS) is 18.5. The van der Waals surface area contributed by atoms with Crippen LogP contribution >= 0.6 is 0 Å². The number of rotatable bonds is 6. The molecule has 1 aliphatic carbocycles. The highest BCUT2D eigenvalue weighted by molar-refractivity contribution is 5.87. The van der Waals surface area contributed by atoms with Gasteiger partial charge in [-0.25, -0.2) is 18.9 Å². The van der Waals surface area contributed by atoms with Gasteiger partial charge in [-0.2, -0.15) is 15.2 Å². The van der Waals surface area contributed by atoms with Crippen molar-refractivity contribution in [1.82, 2.24) is 29.5 Å². The smallest absolute Gasteiger partial charge is 0.338 e. The minimum atomic E-state index is -1.12. The summed E-state index contributed by atoms with van der Waals surface area (Å²) in [6.07, 6.45) is 7.33. The molecule has 3 aromatic heterocycles. The lowest BCUT2D eigenvalue weighted by Crippen LogP contribution is -2.26. The van der Waals surface area contributed by atoms with Gasteiger partial charge in [-0.15, -0.1) is 0 Å². The number of aromatic carboxylic acids is 1. The van der Waals surface area contributed by atoms with Crippen molar-refractivity contribution in [2.24, 2.45) is 5.92 Å². The molecule has 5 rings (SSSR count). The summed E-state index contributed by atoms with van der Waals surface area (Å²) < 4.78 is 22.5. The largest absolute Gasteiger partial charge is 0.492 e. The number of carboxylic acid groups (broad SMARTS) is 1. The van der Waals surface area contributed by atoms with Crippen LogP contribution in [-0.4, -0.2) is 51.8 Å². The third-order valence-corrected chi connectivity index (χ3v) is 5.85. The average Bonchev–Trinajstić information content (AvgIpc) is 3.45. The molecule has 3 heterocycles. The second-order valence-corrected chi connectivity index (χ2v) is 8.08. The van der Waals surface area contributed by atoms with Crippen molar-refractivity contribution in [2.75, 3.05) is 0 Å². The molecule has 11 heteroatoms. The number of fused-ring (bicyclic) bond motifs is 1. The molecule has 0 aliphatic heterocycles. The van der Waals surface area contributed by atoms with E-state index in [2.05, 4.69) is 20.2 Å². The number of ether oxygens (including phenoxy) is 1. The van der Waals surface area contributed by atoms with Gasteiger partial charge in [0.05, 0.1) is 24.1 Å². The molecule has 1 fully saturated rings. The fourth-order valence-electron chi connectivity index (χ4n) is 4.15. The highest BCUT2D eigenvalue weighted by atomic mass is 19.1. The van der Waals surface area contributed by atoms with E-state index < -0.39 is 5.97 Å². The summed E-state index contributed by atoms with van der Waals surface area (Å²) >= 11 is 0. The zero-order valence-electron chi connectivity index (χ0n) is 17.5. The third-order valence-electron chi connectivity index (χ3n) is 5.85. The predicted molar refractivity (Wildman–Crippen MR) is 114 cm³/mol. The topological polar surface area (TPSA) is 128 Å². The van der Waals surface area contributed by atoms with E-state index in [0.29, 0.717) is 23.5 Å². The summed E-state index contributed by atoms with van der Waals surface area (Å²) in [5, 5.41) is 27.9. The monoisotopic (exact) mass is 452 g/mol. The molecule has 33 heavy (non-hydrogen) atoms. The van der Waals surface area contributed by atoms with Crippen molar-refractivity contribution >= 4 is 17.0 Å². The molecule has 1 aliphatic rings. The second kappa shape index (κ2) is 8.49. The Bertz CT molecular complexity index is 1310. The van der Waals surface area contributed by atoms with Gasteiger partial charge in [-0.05, 0) is 43.7 Å². The number of hydrogen-bond acceptors (Lipinski definition) is 7. The van der Waals surface area contributed by atoms with Crippen molar-refractivity contribution < 1.29 is 24.1 Å². The van der Waals surface area contributed by atoms with Gasteiger partial charge in [0.15, 0.2) is 11.6 Å². The highest BCUT2D eigenvalue weighted by Gasteiger charge is 2.25. The van der Waals surface area contributed by atoms with E-state index >= 15 is 0 Å². The van der Waals surface area contributed by atoms with Crippen molar-refractivity contribution in [3.05, 3.63) is 54.2 Å². The van der Waals surface area contributed by atoms with Crippen LogP contribution < -0.4 is 4.74 Å². The Morgan fingerprint density at radius 2 is 1.91 bits per heavy atom. The Morgan fingerprint density at radius 3 is 2.64 bits per heavy atom. The van der Waals surface area contributed by atoms with E-state index in [9.17, 15) is 14.3 Å². The Kier molecular flexibility index (Phi) is 5.37. The van der Waals surface area contributed by atoms with Gasteiger partial charge in [0.2, 0.25) is 5.88 Å². The minimum absolute atomic E-state index is 0.0107. The van der Waals surface area contributed by atoms with Crippen molar-refractivity contribution in [2.45, 2.75) is 38.3 Å². The summed E-state index contributed by atoms with van der Waals surface area (Å²) in [7, 11) is 0. The van der Waals surface area contributed by atoms with Crippen LogP contribution in [0.15, 0.2) is 42.9 Å². The van der Waals surface area contributed by atoms with Crippen molar-refractivity contribution in [1.29, 1.82) is 0 Å². The molecule has 170 valence electrons. The fraction of sp³-hybridized carbons (Fsp3) is 0.318. The highest BCUT2D eigenvalue weighted by Crippen LogP contribution is 2.31. The van der Waals surface area contributed by atoms with Crippen LogP contribution in [-0.2, 0) is 6.54 Å². The molecular weight excluding hydrogens is 431 g/mol. The maximum atomic E-state index is 13.8. The molecule has 1 aromatic carbocycles. The molecule has 1 saturated carbocycles. The Morgan fingerprint density at radius 1 is 1.12 bits per heavy atom. The third kappa shape index (κ3) is 4.21. The lowest BCUT2D eigenvalue weighted by Gasteiger charge is -2.29. The number of aromatic nitrogens is 6. The molecule has 10 nitrogen and oxygen atoms in total. The zero-order chi connectivity index (χ0) is 22.9. The lowest BCUT2D eigenvalue weighted by molar-refractivity contribution is 0.0697. The first kappa shape index (κ1) is 20.9. The van der Waals surface area contributed by atoms with E-state index in [1.807, 2.05) is 0 Å². The van der Waals surface area contributed by atoms with Gasteiger partial charge >= 0.3 is 5.97 Å². The molecule has 2 N–H and O–H groups in total. The number of aromatic hydroxyl groups is 1. The summed E-state index contributed by atoms with van der Waals surface area (Å²) in [6, 6.07) is 6.42. The quantitative estimate of drug-likeness (QED) is 0.456. The summed E-state index contributed by atoms with van der Waals surface area (Å²) in [5.74, 6) is -1.07. The van der Waals surface area contributed by atoms with Gasteiger partial charge in [-0.1, -0.05) is 12.1 Å². The molecule has 0 atom stereocenters. The van der Waals surface area contributed by atoms with Gasteiger partial charge < -0.3 is 14.9 Å². The molecular formula is C22H21FN6O4. The summed E-state index contributed by atoms with van der Waals surface area (Å²) in [6.45, 7) is 0.580. The lowest BCUT2D eigenvalue weighted by atomic mass is 9.87. The first-order chi connectivity index (χ1) is 16.0. The second-order valence-electron chi connectivity index (χ2n) is 8.08. The van der Waals surface area contributed by atoms with Crippen LogP contribution in [0.5, 0.6) is 11.6 Å². The molecule has 0 radical (unpaired) electrons. The molecule has 0 amide bonds. The van der Waals surface area contributed by atoms with Gasteiger partial charge in [0, 0.05) is 12.7 Å². The SMILES string of the molecule is O=C(O)c1cnn(-c2nc(O)c3c(cnn3C[C@H]3CC[C@H](Oc4ccccc4F)CC3)n2)c1. The molecule has 4 aromatic rings. The molecule has 0 unspecified atom stereocenters. The summed E-state index contributed by atoms with van der Waals surface area (Å²) in [5.41, 5.74) is 0.832. The number of benzene rings is 1. The number of nitrogens with zero attached hydrogens (tertiary/aromatic N) is 6. The van der Waals surface area contributed by atoms with Gasteiger partial charge in [-0.3, -0.25) is 4.68 Å². The van der Waals surface area contributed by atoms with E-state index in [-0.39, 0.29) is 35.1 Å².